The van der Waals surface area contributed by atoms with Crippen LogP contribution in [0.25, 0.3) is 0 Å². The fraction of sp³-hybridized carbons (Fsp3) is 0.333. The molecule has 5 heteroatoms. The van der Waals surface area contributed by atoms with Crippen LogP contribution in [0.3, 0.4) is 0 Å². The molecule has 0 radical (unpaired) electrons. The lowest BCUT2D eigenvalue weighted by Crippen LogP contribution is -2.27. The highest BCUT2D eigenvalue weighted by Gasteiger charge is 2.11. The number of nitrogens with two attached hydrogens (primary N) is 1. The highest BCUT2D eigenvalue weighted by Crippen LogP contribution is 2.23. The van der Waals surface area contributed by atoms with Crippen LogP contribution in [0.4, 0.5) is 8.78 Å². The number of nitrogens with one attached hydrogen (secondary N) is 1. The topological polar surface area (TPSA) is 47.3 Å². The van der Waals surface area contributed by atoms with Crippen LogP contribution in [0.5, 0.6) is 5.75 Å². The van der Waals surface area contributed by atoms with Gasteiger partial charge in [0.05, 0.1) is 0 Å². The van der Waals surface area contributed by atoms with E-state index in [2.05, 4.69) is 16.7 Å². The molecule has 0 aliphatic heterocycles. The van der Waals surface area contributed by atoms with Gasteiger partial charge >= 0.3 is 6.61 Å². The van der Waals surface area contributed by atoms with E-state index >= 15 is 0 Å². The van der Waals surface area contributed by atoms with Crippen molar-refractivity contribution in [3.63, 3.8) is 0 Å². The first-order chi connectivity index (χ1) is 8.17. The van der Waals surface area contributed by atoms with Crippen molar-refractivity contribution in [2.75, 3.05) is 0 Å². The maximum atomic E-state index is 12.1. The first kappa shape index (κ1) is 13.6. The molecule has 1 atom stereocenters. The van der Waals surface area contributed by atoms with Crippen LogP contribution in [0.1, 0.15) is 24.4 Å². The summed E-state index contributed by atoms with van der Waals surface area (Å²) in [6.07, 6.45) is 3.32. The second-order valence-corrected chi connectivity index (χ2v) is 3.54. The van der Waals surface area contributed by atoms with Crippen molar-refractivity contribution in [2.45, 2.75) is 25.5 Å². The number of hydrogen-bond acceptors (Lipinski definition) is 3. The molecular weight excluding hydrogens is 226 g/mol. The number of hydrazine groups is 1. The summed E-state index contributed by atoms with van der Waals surface area (Å²) in [4.78, 5) is 0. The lowest BCUT2D eigenvalue weighted by Gasteiger charge is -2.16. The lowest BCUT2D eigenvalue weighted by molar-refractivity contribution is -0.0499. The molecule has 0 saturated heterocycles. The van der Waals surface area contributed by atoms with E-state index in [1.165, 1.54) is 6.07 Å². The standard InChI is InChI=1S/C12H16F2N2O/c1-2-3-7-11(16-15)9-5-4-6-10(8-9)17-12(13)14/h2,4-6,8,11-12,16H,1,3,7,15H2. The van der Waals surface area contributed by atoms with E-state index in [9.17, 15) is 8.78 Å². The van der Waals surface area contributed by atoms with Crippen molar-refractivity contribution in [1.29, 1.82) is 0 Å². The van der Waals surface area contributed by atoms with Crippen LogP contribution in [0, 0.1) is 0 Å². The van der Waals surface area contributed by atoms with E-state index < -0.39 is 6.61 Å². The van der Waals surface area contributed by atoms with Gasteiger partial charge in [-0.2, -0.15) is 8.78 Å². The predicted molar refractivity (Wildman–Crippen MR) is 62.6 cm³/mol. The lowest BCUT2D eigenvalue weighted by atomic mass is 10.0. The predicted octanol–water partition coefficient (Wildman–Crippen LogP) is 2.76. The summed E-state index contributed by atoms with van der Waals surface area (Å²) >= 11 is 0. The first-order valence-corrected chi connectivity index (χ1v) is 5.29. The molecule has 3 nitrogen and oxygen atoms in total. The van der Waals surface area contributed by atoms with Crippen LogP contribution < -0.4 is 16.0 Å². The Kier molecular flexibility index (Phi) is 5.59. The van der Waals surface area contributed by atoms with Crippen molar-refractivity contribution in [3.8, 4) is 5.75 Å². The van der Waals surface area contributed by atoms with Gasteiger partial charge in [0.2, 0.25) is 0 Å². The van der Waals surface area contributed by atoms with E-state index in [-0.39, 0.29) is 11.8 Å². The van der Waals surface area contributed by atoms with Crippen molar-refractivity contribution in [3.05, 3.63) is 42.5 Å². The van der Waals surface area contributed by atoms with Crippen LogP contribution in [-0.4, -0.2) is 6.61 Å². The van der Waals surface area contributed by atoms with E-state index in [0.717, 1.165) is 18.4 Å². The molecule has 0 aliphatic rings. The third-order valence-electron chi connectivity index (χ3n) is 2.35. The Balaban J connectivity index is 2.77. The summed E-state index contributed by atoms with van der Waals surface area (Å²) in [5, 5.41) is 0. The Morgan fingerprint density at radius 2 is 2.24 bits per heavy atom. The van der Waals surface area contributed by atoms with E-state index in [0.29, 0.717) is 0 Å². The van der Waals surface area contributed by atoms with Gasteiger partial charge in [-0.05, 0) is 30.5 Å². The number of halogens is 2. The van der Waals surface area contributed by atoms with Gasteiger partial charge in [0.25, 0.3) is 0 Å². The van der Waals surface area contributed by atoms with Crippen LogP contribution in [0.2, 0.25) is 0 Å². The summed E-state index contributed by atoms with van der Waals surface area (Å²) in [7, 11) is 0. The van der Waals surface area contributed by atoms with Gasteiger partial charge in [-0.3, -0.25) is 11.3 Å². The second-order valence-electron chi connectivity index (χ2n) is 3.54. The van der Waals surface area contributed by atoms with Crippen molar-refractivity contribution >= 4 is 0 Å². The molecule has 0 bridgehead atoms. The minimum atomic E-state index is -2.82. The fourth-order valence-corrected chi connectivity index (χ4v) is 1.54. The van der Waals surface area contributed by atoms with Crippen LogP contribution in [-0.2, 0) is 0 Å². The summed E-state index contributed by atoms with van der Waals surface area (Å²) in [6, 6.07) is 6.41. The molecule has 0 heterocycles. The average Bonchev–Trinajstić information content (AvgIpc) is 2.30. The number of hydrogen-bond donors (Lipinski definition) is 2. The number of ether oxygens (including phenoxy) is 1. The summed E-state index contributed by atoms with van der Waals surface area (Å²) in [6.45, 7) is 0.808. The Labute approximate surface area is 99.2 Å². The number of alkyl halides is 2. The molecule has 0 aromatic heterocycles. The molecule has 0 amide bonds. The minimum absolute atomic E-state index is 0.103. The average molecular weight is 242 g/mol. The third kappa shape index (κ3) is 4.50. The Morgan fingerprint density at radius 3 is 2.82 bits per heavy atom. The smallest absolute Gasteiger partial charge is 0.387 e. The molecular formula is C12H16F2N2O. The quantitative estimate of drug-likeness (QED) is 0.439. The van der Waals surface area contributed by atoms with Gasteiger partial charge in [0.15, 0.2) is 0 Å². The molecule has 1 aromatic carbocycles. The van der Waals surface area contributed by atoms with Gasteiger partial charge in [0, 0.05) is 6.04 Å². The molecule has 1 aromatic rings. The summed E-state index contributed by atoms with van der Waals surface area (Å²) in [5.74, 6) is 5.56. The van der Waals surface area contributed by atoms with Gasteiger partial charge in [-0.15, -0.1) is 6.58 Å². The third-order valence-corrected chi connectivity index (χ3v) is 2.35. The van der Waals surface area contributed by atoms with E-state index in [4.69, 9.17) is 5.84 Å². The molecule has 0 aliphatic carbocycles. The molecule has 1 rings (SSSR count). The molecule has 0 fully saturated rings. The Hall–Kier alpha value is -1.46. The van der Waals surface area contributed by atoms with Crippen LogP contribution in [0.15, 0.2) is 36.9 Å². The maximum Gasteiger partial charge on any atom is 0.387 e. The Bertz CT molecular complexity index is 358. The zero-order valence-electron chi connectivity index (χ0n) is 9.40. The van der Waals surface area contributed by atoms with Crippen LogP contribution >= 0.6 is 0 Å². The molecule has 1 unspecified atom stereocenters. The normalized spacial score (nSPS) is 12.5. The second kappa shape index (κ2) is 6.98. The number of benzene rings is 1. The highest BCUT2D eigenvalue weighted by atomic mass is 19.3. The highest BCUT2D eigenvalue weighted by molar-refractivity contribution is 5.30. The first-order valence-electron chi connectivity index (χ1n) is 5.29. The van der Waals surface area contributed by atoms with Gasteiger partial charge in [-0.1, -0.05) is 18.2 Å². The zero-order chi connectivity index (χ0) is 12.7. The van der Waals surface area contributed by atoms with E-state index in [1.54, 1.807) is 18.2 Å². The zero-order valence-corrected chi connectivity index (χ0v) is 9.40. The fourth-order valence-electron chi connectivity index (χ4n) is 1.54. The SMILES string of the molecule is C=CCCC(NN)c1cccc(OC(F)F)c1. The molecule has 3 N–H and O–H groups in total. The van der Waals surface area contributed by atoms with Crippen molar-refractivity contribution in [1.82, 2.24) is 5.43 Å². The molecule has 94 valence electrons. The minimum Gasteiger partial charge on any atom is -0.435 e. The van der Waals surface area contributed by atoms with E-state index in [1.807, 2.05) is 6.07 Å². The molecule has 17 heavy (non-hydrogen) atoms. The van der Waals surface area contributed by atoms with Gasteiger partial charge < -0.3 is 4.74 Å². The number of rotatable bonds is 7. The van der Waals surface area contributed by atoms with Crippen molar-refractivity contribution in [2.24, 2.45) is 5.84 Å². The maximum absolute atomic E-state index is 12.1. The summed E-state index contributed by atoms with van der Waals surface area (Å²) in [5.41, 5.74) is 3.46. The number of allylic oxidation sites excluding steroid dienone is 1. The monoisotopic (exact) mass is 242 g/mol. The van der Waals surface area contributed by atoms with Gasteiger partial charge in [0.1, 0.15) is 5.75 Å². The Morgan fingerprint density at radius 1 is 1.47 bits per heavy atom. The largest absolute Gasteiger partial charge is 0.435 e. The molecule has 0 saturated carbocycles. The molecule has 0 spiro atoms. The van der Waals surface area contributed by atoms with Crippen molar-refractivity contribution < 1.29 is 13.5 Å². The van der Waals surface area contributed by atoms with Gasteiger partial charge in [-0.25, -0.2) is 0 Å². The summed E-state index contributed by atoms with van der Waals surface area (Å²) < 4.78 is 28.5.